The summed E-state index contributed by atoms with van der Waals surface area (Å²) in [6.45, 7) is 4.52. The Morgan fingerprint density at radius 3 is 2.70 bits per heavy atom. The van der Waals surface area contributed by atoms with Gasteiger partial charge in [0.1, 0.15) is 0 Å². The highest BCUT2D eigenvalue weighted by Crippen LogP contribution is 2.12. The van der Waals surface area contributed by atoms with E-state index in [1.165, 1.54) is 12.8 Å². The molecular weight excluding hydrogens is 250 g/mol. The van der Waals surface area contributed by atoms with Crippen molar-refractivity contribution in [3.05, 3.63) is 35.4 Å². The fourth-order valence-corrected chi connectivity index (χ4v) is 2.57. The molecule has 20 heavy (non-hydrogen) atoms. The summed E-state index contributed by atoms with van der Waals surface area (Å²) < 4.78 is 0. The highest BCUT2D eigenvalue weighted by atomic mass is 16.2. The van der Waals surface area contributed by atoms with Crippen LogP contribution in [0, 0.1) is 11.3 Å². The maximum atomic E-state index is 12.5. The third-order valence-electron chi connectivity index (χ3n) is 3.78. The number of nitrogens with one attached hydrogen (secondary N) is 1. The van der Waals surface area contributed by atoms with Crippen molar-refractivity contribution in [1.82, 2.24) is 10.2 Å². The predicted molar refractivity (Wildman–Crippen MR) is 78.4 cm³/mol. The smallest absolute Gasteiger partial charge is 0.253 e. The van der Waals surface area contributed by atoms with Crippen LogP contribution in [0.5, 0.6) is 0 Å². The van der Waals surface area contributed by atoms with Crippen molar-refractivity contribution in [2.75, 3.05) is 19.6 Å². The lowest BCUT2D eigenvalue weighted by molar-refractivity contribution is 0.0741. The van der Waals surface area contributed by atoms with Crippen LogP contribution in [-0.2, 0) is 0 Å². The lowest BCUT2D eigenvalue weighted by atomic mass is 10.0. The van der Waals surface area contributed by atoms with Crippen LogP contribution in [0.4, 0.5) is 0 Å². The molecule has 2 rings (SSSR count). The molecule has 0 saturated carbocycles. The van der Waals surface area contributed by atoms with Gasteiger partial charge in [0, 0.05) is 24.7 Å². The van der Waals surface area contributed by atoms with Crippen molar-refractivity contribution >= 4 is 5.91 Å². The summed E-state index contributed by atoms with van der Waals surface area (Å²) in [6, 6.07) is 9.33. The molecule has 1 aromatic carbocycles. The lowest BCUT2D eigenvalue weighted by Gasteiger charge is -2.30. The number of nitrogens with zero attached hydrogens (tertiary/aromatic N) is 2. The van der Waals surface area contributed by atoms with E-state index in [4.69, 9.17) is 5.26 Å². The number of nitriles is 1. The molecule has 4 heteroatoms. The van der Waals surface area contributed by atoms with Crippen LogP contribution in [0.3, 0.4) is 0 Å². The molecule has 1 aromatic rings. The summed E-state index contributed by atoms with van der Waals surface area (Å²) in [7, 11) is 0. The molecular formula is C16H21N3O. The maximum Gasteiger partial charge on any atom is 0.253 e. The molecule has 106 valence electrons. The molecule has 1 aliphatic heterocycles. The topological polar surface area (TPSA) is 56.1 Å². The molecule has 0 radical (unpaired) electrons. The molecule has 0 bridgehead atoms. The summed E-state index contributed by atoms with van der Waals surface area (Å²) in [5, 5.41) is 12.3. The van der Waals surface area contributed by atoms with Crippen LogP contribution in [-0.4, -0.2) is 36.5 Å². The number of hydrogen-bond donors (Lipinski definition) is 1. The van der Waals surface area contributed by atoms with E-state index in [1.807, 2.05) is 11.8 Å². The fraction of sp³-hybridized carbons (Fsp3) is 0.500. The van der Waals surface area contributed by atoms with Crippen molar-refractivity contribution in [3.8, 4) is 6.07 Å². The number of carbonyl (C=O) groups is 1. The second kappa shape index (κ2) is 7.06. The zero-order valence-electron chi connectivity index (χ0n) is 11.9. The zero-order chi connectivity index (χ0) is 14.4. The molecule has 1 saturated heterocycles. The van der Waals surface area contributed by atoms with Crippen molar-refractivity contribution in [3.63, 3.8) is 0 Å². The highest BCUT2D eigenvalue weighted by molar-refractivity contribution is 5.94. The SMILES string of the molecule is CCN(CC1CCCCN1)C(=O)c1ccc(C#N)cc1. The molecule has 1 heterocycles. The second-order valence-corrected chi connectivity index (χ2v) is 5.18. The average Bonchev–Trinajstić information content (AvgIpc) is 2.53. The van der Waals surface area contributed by atoms with Gasteiger partial charge in [-0.2, -0.15) is 5.26 Å². The van der Waals surface area contributed by atoms with Crippen molar-refractivity contribution in [2.45, 2.75) is 32.2 Å². The Hall–Kier alpha value is -1.86. The van der Waals surface area contributed by atoms with Gasteiger partial charge in [-0.1, -0.05) is 6.42 Å². The summed E-state index contributed by atoms with van der Waals surface area (Å²) in [5.74, 6) is 0.0457. The van der Waals surface area contributed by atoms with E-state index in [9.17, 15) is 4.79 Å². The van der Waals surface area contributed by atoms with Gasteiger partial charge >= 0.3 is 0 Å². The number of hydrogen-bond acceptors (Lipinski definition) is 3. The van der Waals surface area contributed by atoms with Gasteiger partial charge in [0.25, 0.3) is 5.91 Å². The van der Waals surface area contributed by atoms with E-state index in [0.29, 0.717) is 23.7 Å². The van der Waals surface area contributed by atoms with Gasteiger partial charge in [-0.25, -0.2) is 0 Å². The zero-order valence-corrected chi connectivity index (χ0v) is 11.9. The number of carbonyl (C=O) groups excluding carboxylic acids is 1. The molecule has 1 atom stereocenters. The monoisotopic (exact) mass is 271 g/mol. The third kappa shape index (κ3) is 3.58. The molecule has 1 unspecified atom stereocenters. The normalized spacial score (nSPS) is 18.3. The van der Waals surface area contributed by atoms with Crippen LogP contribution >= 0.6 is 0 Å². The first kappa shape index (κ1) is 14.5. The molecule has 1 fully saturated rings. The Labute approximate surface area is 120 Å². The number of likely N-dealkylation sites (N-methyl/N-ethyl adjacent to an activating group) is 1. The van der Waals surface area contributed by atoms with Crippen LogP contribution in [0.2, 0.25) is 0 Å². The fourth-order valence-electron chi connectivity index (χ4n) is 2.57. The van der Waals surface area contributed by atoms with Crippen molar-refractivity contribution in [1.29, 1.82) is 5.26 Å². The van der Waals surface area contributed by atoms with E-state index in [-0.39, 0.29) is 5.91 Å². The number of rotatable bonds is 4. The quantitative estimate of drug-likeness (QED) is 0.913. The summed E-state index contributed by atoms with van der Waals surface area (Å²) >= 11 is 0. The summed E-state index contributed by atoms with van der Waals surface area (Å²) in [4.78, 5) is 14.3. The average molecular weight is 271 g/mol. The van der Waals surface area contributed by atoms with E-state index >= 15 is 0 Å². The van der Waals surface area contributed by atoms with Crippen molar-refractivity contribution < 1.29 is 4.79 Å². The molecule has 0 aromatic heterocycles. The van der Waals surface area contributed by atoms with Crippen LogP contribution in [0.15, 0.2) is 24.3 Å². The van der Waals surface area contributed by atoms with E-state index in [2.05, 4.69) is 11.4 Å². The predicted octanol–water partition coefficient (Wildman–Crippen LogP) is 2.16. The molecule has 1 N–H and O–H groups in total. The van der Waals surface area contributed by atoms with Gasteiger partial charge in [-0.05, 0) is 50.6 Å². The van der Waals surface area contributed by atoms with Gasteiger partial charge in [-0.15, -0.1) is 0 Å². The lowest BCUT2D eigenvalue weighted by Crippen LogP contribution is -2.45. The minimum Gasteiger partial charge on any atom is -0.337 e. The Bertz CT molecular complexity index is 483. The van der Waals surface area contributed by atoms with E-state index in [0.717, 1.165) is 19.5 Å². The van der Waals surface area contributed by atoms with Crippen molar-refractivity contribution in [2.24, 2.45) is 0 Å². The summed E-state index contributed by atoms with van der Waals surface area (Å²) in [6.07, 6.45) is 3.60. The minimum absolute atomic E-state index is 0.0457. The number of benzene rings is 1. The van der Waals surface area contributed by atoms with E-state index in [1.54, 1.807) is 24.3 Å². The van der Waals surface area contributed by atoms with Gasteiger partial charge in [0.05, 0.1) is 11.6 Å². The minimum atomic E-state index is 0.0457. The van der Waals surface area contributed by atoms with Gasteiger partial charge in [0.2, 0.25) is 0 Å². The first-order valence-electron chi connectivity index (χ1n) is 7.27. The Morgan fingerprint density at radius 2 is 2.15 bits per heavy atom. The third-order valence-corrected chi connectivity index (χ3v) is 3.78. The van der Waals surface area contributed by atoms with E-state index < -0.39 is 0 Å². The maximum absolute atomic E-state index is 12.5. The number of amides is 1. The van der Waals surface area contributed by atoms with Crippen LogP contribution in [0.1, 0.15) is 42.1 Å². The van der Waals surface area contributed by atoms with Gasteiger partial charge in [-0.3, -0.25) is 4.79 Å². The first-order chi connectivity index (χ1) is 9.74. The Balaban J connectivity index is 2.01. The summed E-state index contributed by atoms with van der Waals surface area (Å²) in [5.41, 5.74) is 1.24. The van der Waals surface area contributed by atoms with Crippen LogP contribution in [0.25, 0.3) is 0 Å². The second-order valence-electron chi connectivity index (χ2n) is 5.18. The molecule has 1 aliphatic rings. The Kier molecular flexibility index (Phi) is 5.14. The largest absolute Gasteiger partial charge is 0.337 e. The molecule has 4 nitrogen and oxygen atoms in total. The van der Waals surface area contributed by atoms with Gasteiger partial charge < -0.3 is 10.2 Å². The Morgan fingerprint density at radius 1 is 1.40 bits per heavy atom. The molecule has 0 spiro atoms. The number of piperidine rings is 1. The standard InChI is InChI=1S/C16H21N3O/c1-2-19(12-15-5-3-4-10-18-15)16(20)14-8-6-13(11-17)7-9-14/h6-9,15,18H,2-5,10,12H2,1H3. The first-order valence-corrected chi connectivity index (χ1v) is 7.27. The van der Waals surface area contributed by atoms with Crippen LogP contribution < -0.4 is 5.32 Å². The molecule has 0 aliphatic carbocycles. The van der Waals surface area contributed by atoms with Gasteiger partial charge in [0.15, 0.2) is 0 Å². The molecule has 1 amide bonds. The highest BCUT2D eigenvalue weighted by Gasteiger charge is 2.20.